The van der Waals surface area contributed by atoms with Crippen LogP contribution in [0.5, 0.6) is 5.75 Å². The first-order chi connectivity index (χ1) is 12.7. The maximum Gasteiger partial charge on any atom is 0.309 e. The summed E-state index contributed by atoms with van der Waals surface area (Å²) in [6.07, 6.45) is 4.32. The number of hydrogen-bond acceptors (Lipinski definition) is 3. The van der Waals surface area contributed by atoms with Crippen molar-refractivity contribution in [2.24, 2.45) is 0 Å². The minimum Gasteiger partial charge on any atom is -0.496 e. The quantitative estimate of drug-likeness (QED) is 0.581. The highest BCUT2D eigenvalue weighted by Crippen LogP contribution is 2.37. The topological polar surface area (TPSA) is 55.2 Å². The van der Waals surface area contributed by atoms with Crippen LogP contribution in [0.3, 0.4) is 0 Å². The molecule has 2 aromatic heterocycles. The van der Waals surface area contributed by atoms with E-state index in [-0.39, 0.29) is 5.97 Å². The molecule has 0 aliphatic carbocycles. The molecule has 5 heteroatoms. The first-order valence-corrected chi connectivity index (χ1v) is 8.96. The van der Waals surface area contributed by atoms with E-state index < -0.39 is 0 Å². The van der Waals surface area contributed by atoms with Crippen LogP contribution in [-0.2, 0) is 35.3 Å². The summed E-state index contributed by atoms with van der Waals surface area (Å²) < 4.78 is 12.7. The normalized spacial score (nSPS) is 12.6. The molecule has 0 unspecified atom stereocenters. The Hall–Kier alpha value is -2.82. The molecule has 0 spiro atoms. The highest BCUT2D eigenvalue weighted by atomic mass is 16.5. The first kappa shape index (κ1) is 16.6. The van der Waals surface area contributed by atoms with Crippen molar-refractivity contribution < 1.29 is 18.8 Å². The number of H-pyrrole nitrogens is 1. The first-order valence-electron chi connectivity index (χ1n) is 8.96. The summed E-state index contributed by atoms with van der Waals surface area (Å²) in [5.74, 6) is 0.687. The van der Waals surface area contributed by atoms with Gasteiger partial charge in [-0.2, -0.15) is 4.57 Å². The molecule has 0 saturated heterocycles. The summed E-state index contributed by atoms with van der Waals surface area (Å²) >= 11 is 0. The number of aryl methyl sites for hydroxylation is 3. The van der Waals surface area contributed by atoms with E-state index in [1.54, 1.807) is 7.11 Å². The molecule has 1 aliphatic rings. The molecule has 0 atom stereocenters. The molecule has 1 aliphatic heterocycles. The molecule has 0 bridgehead atoms. The lowest BCUT2D eigenvalue weighted by Gasteiger charge is -2.15. The smallest absolute Gasteiger partial charge is 0.309 e. The maximum atomic E-state index is 11.8. The van der Waals surface area contributed by atoms with E-state index in [0.29, 0.717) is 6.42 Å². The molecule has 0 radical (unpaired) electrons. The Morgan fingerprint density at radius 3 is 2.85 bits per heavy atom. The summed E-state index contributed by atoms with van der Waals surface area (Å²) in [4.78, 5) is 15.4. The summed E-state index contributed by atoms with van der Waals surface area (Å²) in [5.41, 5.74) is 6.81. The van der Waals surface area contributed by atoms with Gasteiger partial charge in [-0.1, -0.05) is 13.0 Å². The summed E-state index contributed by atoms with van der Waals surface area (Å²) in [6.45, 7) is 3.03. The highest BCUT2D eigenvalue weighted by molar-refractivity contribution is 5.95. The number of esters is 1. The fourth-order valence-electron chi connectivity index (χ4n) is 3.95. The molecule has 3 aromatic rings. The van der Waals surface area contributed by atoms with Crippen molar-refractivity contribution in [2.45, 2.75) is 32.7 Å². The minimum absolute atomic E-state index is 0.209. The molecule has 0 fully saturated rings. The fourth-order valence-corrected chi connectivity index (χ4v) is 3.95. The van der Waals surface area contributed by atoms with Gasteiger partial charge in [0.05, 0.1) is 26.2 Å². The Kier molecular flexibility index (Phi) is 4.15. The second-order valence-electron chi connectivity index (χ2n) is 6.62. The van der Waals surface area contributed by atoms with E-state index in [9.17, 15) is 4.79 Å². The molecule has 3 heterocycles. The predicted octanol–water partition coefficient (Wildman–Crippen LogP) is 2.97. The van der Waals surface area contributed by atoms with Gasteiger partial charge < -0.3 is 14.5 Å². The molecule has 0 saturated carbocycles. The Labute approximate surface area is 152 Å². The van der Waals surface area contributed by atoms with Crippen molar-refractivity contribution in [1.29, 1.82) is 0 Å². The Morgan fingerprint density at radius 1 is 1.27 bits per heavy atom. The zero-order valence-corrected chi connectivity index (χ0v) is 15.4. The van der Waals surface area contributed by atoms with Gasteiger partial charge >= 0.3 is 5.97 Å². The number of benzene rings is 1. The molecule has 5 nitrogen and oxygen atoms in total. The van der Waals surface area contributed by atoms with Crippen molar-refractivity contribution >= 4 is 16.9 Å². The van der Waals surface area contributed by atoms with Gasteiger partial charge in [-0.3, -0.25) is 4.79 Å². The number of ether oxygens (including phenoxy) is 2. The van der Waals surface area contributed by atoms with Crippen LogP contribution in [0.4, 0.5) is 0 Å². The molecule has 0 amide bonds. The summed E-state index contributed by atoms with van der Waals surface area (Å²) in [6, 6.07) is 8.22. The lowest BCUT2D eigenvalue weighted by Crippen LogP contribution is -2.41. The Morgan fingerprint density at radius 2 is 2.12 bits per heavy atom. The highest BCUT2D eigenvalue weighted by Gasteiger charge is 2.29. The maximum absolute atomic E-state index is 11.8. The van der Waals surface area contributed by atoms with Crippen LogP contribution in [0.2, 0.25) is 0 Å². The summed E-state index contributed by atoms with van der Waals surface area (Å²) in [7, 11) is 3.14. The van der Waals surface area contributed by atoms with Crippen LogP contribution in [0.15, 0.2) is 30.5 Å². The van der Waals surface area contributed by atoms with Crippen molar-refractivity contribution in [2.75, 3.05) is 14.2 Å². The van der Waals surface area contributed by atoms with Crippen molar-refractivity contribution in [1.82, 2.24) is 4.98 Å². The molecule has 134 valence electrons. The standard InChI is InChI=1S/C21H22N2O3/c1-4-13-12-23-9-8-15-20-16(6-5-7-18(20)25-2)22-21(15)17(23)10-14(13)11-19(24)26-3/h5-7,10,12H,4,8-9,11H2,1-3H3/p+1. The molecular weight excluding hydrogens is 328 g/mol. The third-order valence-corrected chi connectivity index (χ3v) is 5.26. The molecule has 26 heavy (non-hydrogen) atoms. The van der Waals surface area contributed by atoms with Crippen LogP contribution < -0.4 is 9.30 Å². The number of carbonyl (C=O) groups excluding carboxylic acids is 1. The predicted molar refractivity (Wildman–Crippen MR) is 99.3 cm³/mol. The van der Waals surface area contributed by atoms with Gasteiger partial charge in [0.25, 0.3) is 0 Å². The molecule has 1 N–H and O–H groups in total. The molecule has 1 aromatic carbocycles. The number of carbonyl (C=O) groups is 1. The molecule has 4 rings (SSSR count). The van der Waals surface area contributed by atoms with Gasteiger partial charge in [0, 0.05) is 29.0 Å². The number of fused-ring (bicyclic) bond motifs is 5. The number of hydrogen-bond donors (Lipinski definition) is 1. The SMILES string of the molecule is CCc1c[n+]2c(cc1CC(=O)OC)-c1[nH]c3cccc(OC)c3c1CC2. The second kappa shape index (κ2) is 6.48. The van der Waals surface area contributed by atoms with E-state index in [0.717, 1.165) is 53.0 Å². The van der Waals surface area contributed by atoms with Crippen LogP contribution in [0, 0.1) is 0 Å². The van der Waals surface area contributed by atoms with Crippen LogP contribution in [0.1, 0.15) is 23.6 Å². The molecular formula is C21H23N2O3+. The van der Waals surface area contributed by atoms with Gasteiger partial charge in [0.1, 0.15) is 11.4 Å². The van der Waals surface area contributed by atoms with E-state index in [1.807, 2.05) is 12.1 Å². The van der Waals surface area contributed by atoms with E-state index >= 15 is 0 Å². The third-order valence-electron chi connectivity index (χ3n) is 5.26. The number of rotatable bonds is 4. The zero-order chi connectivity index (χ0) is 18.3. The monoisotopic (exact) mass is 351 g/mol. The van der Waals surface area contributed by atoms with Gasteiger partial charge in [-0.15, -0.1) is 0 Å². The van der Waals surface area contributed by atoms with Gasteiger partial charge in [0.15, 0.2) is 12.7 Å². The number of nitrogens with zero attached hydrogens (tertiary/aromatic N) is 1. The van der Waals surface area contributed by atoms with Crippen molar-refractivity contribution in [3.63, 3.8) is 0 Å². The van der Waals surface area contributed by atoms with E-state index in [2.05, 4.69) is 34.8 Å². The Balaban J connectivity index is 1.91. The number of methoxy groups -OCH3 is 2. The van der Waals surface area contributed by atoms with Gasteiger partial charge in [-0.05, 0) is 24.1 Å². The number of aromatic nitrogens is 2. The lowest BCUT2D eigenvalue weighted by molar-refractivity contribution is -0.688. The largest absolute Gasteiger partial charge is 0.496 e. The minimum atomic E-state index is -0.209. The van der Waals surface area contributed by atoms with Crippen LogP contribution in [-0.4, -0.2) is 25.2 Å². The van der Waals surface area contributed by atoms with Gasteiger partial charge in [-0.25, -0.2) is 0 Å². The van der Waals surface area contributed by atoms with E-state index in [1.165, 1.54) is 18.2 Å². The fraction of sp³-hybridized carbons (Fsp3) is 0.333. The average molecular weight is 351 g/mol. The van der Waals surface area contributed by atoms with E-state index in [4.69, 9.17) is 9.47 Å². The van der Waals surface area contributed by atoms with Crippen molar-refractivity contribution in [3.05, 3.63) is 47.2 Å². The van der Waals surface area contributed by atoms with Crippen LogP contribution >= 0.6 is 0 Å². The summed E-state index contributed by atoms with van der Waals surface area (Å²) in [5, 5.41) is 1.16. The Bertz CT molecular complexity index is 1000. The van der Waals surface area contributed by atoms with Crippen LogP contribution in [0.25, 0.3) is 22.3 Å². The van der Waals surface area contributed by atoms with Gasteiger partial charge in [0.2, 0.25) is 5.69 Å². The zero-order valence-electron chi connectivity index (χ0n) is 15.4. The number of aromatic amines is 1. The number of pyridine rings is 1. The average Bonchev–Trinajstić information content (AvgIpc) is 3.06. The second-order valence-corrected chi connectivity index (χ2v) is 6.62. The third kappa shape index (κ3) is 2.55. The van der Waals surface area contributed by atoms with Crippen molar-refractivity contribution in [3.8, 4) is 17.1 Å². The lowest BCUT2D eigenvalue weighted by atomic mass is 9.97. The number of nitrogens with one attached hydrogen (secondary N) is 1.